The van der Waals surface area contributed by atoms with Gasteiger partial charge in [0.05, 0.1) is 18.4 Å². The van der Waals surface area contributed by atoms with E-state index in [0.29, 0.717) is 17.9 Å². The number of rotatable bonds is 4. The fourth-order valence-electron chi connectivity index (χ4n) is 2.13. The van der Waals surface area contributed by atoms with Gasteiger partial charge in [0, 0.05) is 19.4 Å². The third-order valence-electron chi connectivity index (χ3n) is 3.18. The molecule has 0 saturated heterocycles. The number of nitrogens with zero attached hydrogens (tertiary/aromatic N) is 4. The fourth-order valence-corrected chi connectivity index (χ4v) is 2.13. The lowest BCUT2D eigenvalue weighted by Gasteiger charge is -2.03. The molecule has 0 fully saturated rings. The van der Waals surface area contributed by atoms with E-state index in [-0.39, 0.29) is 11.7 Å². The zero-order valence-corrected chi connectivity index (χ0v) is 11.9. The van der Waals surface area contributed by atoms with Crippen molar-refractivity contribution < 1.29 is 9.18 Å². The fraction of sp³-hybridized carbons (Fsp3) is 0.133. The van der Waals surface area contributed by atoms with E-state index in [4.69, 9.17) is 0 Å². The summed E-state index contributed by atoms with van der Waals surface area (Å²) in [5, 5.41) is 10.8. The summed E-state index contributed by atoms with van der Waals surface area (Å²) in [6.45, 7) is 0.430. The molecule has 112 valence electrons. The van der Waals surface area contributed by atoms with Crippen molar-refractivity contribution in [2.75, 3.05) is 5.32 Å². The van der Waals surface area contributed by atoms with E-state index >= 15 is 0 Å². The number of aryl methyl sites for hydroxylation is 1. The average Bonchev–Trinajstić information content (AvgIpc) is 3.08. The normalized spacial score (nSPS) is 10.6. The second-order valence-corrected chi connectivity index (χ2v) is 4.85. The van der Waals surface area contributed by atoms with Gasteiger partial charge in [-0.2, -0.15) is 10.2 Å². The summed E-state index contributed by atoms with van der Waals surface area (Å²) in [7, 11) is 1.70. The van der Waals surface area contributed by atoms with Crippen molar-refractivity contribution in [3.8, 4) is 0 Å². The Balaban J connectivity index is 1.69. The maximum Gasteiger partial charge on any atom is 0.274 e. The van der Waals surface area contributed by atoms with Gasteiger partial charge in [0.15, 0.2) is 0 Å². The summed E-state index contributed by atoms with van der Waals surface area (Å²) >= 11 is 0. The second-order valence-electron chi connectivity index (χ2n) is 4.85. The summed E-state index contributed by atoms with van der Waals surface area (Å²) in [4.78, 5) is 12.0. The number of carbonyl (C=O) groups is 1. The first-order valence-corrected chi connectivity index (χ1v) is 6.68. The minimum absolute atomic E-state index is 0.259. The SMILES string of the molecule is Cn1nccc1C(=O)Nc1cnn(Cc2cccc(F)c2)c1. The number of benzene rings is 1. The lowest BCUT2D eigenvalue weighted by atomic mass is 10.2. The second kappa shape index (κ2) is 5.80. The van der Waals surface area contributed by atoms with E-state index in [9.17, 15) is 9.18 Å². The Hall–Kier alpha value is -2.96. The summed E-state index contributed by atoms with van der Waals surface area (Å²) in [5.74, 6) is -0.542. The number of amides is 1. The molecule has 1 N–H and O–H groups in total. The molecular formula is C15H14FN5O. The van der Waals surface area contributed by atoms with Crippen LogP contribution in [0.1, 0.15) is 16.1 Å². The van der Waals surface area contributed by atoms with Crippen LogP contribution in [0.2, 0.25) is 0 Å². The smallest absolute Gasteiger partial charge is 0.274 e. The molecule has 3 aromatic rings. The van der Waals surface area contributed by atoms with Crippen molar-refractivity contribution in [1.82, 2.24) is 19.6 Å². The van der Waals surface area contributed by atoms with Gasteiger partial charge in [-0.25, -0.2) is 4.39 Å². The van der Waals surface area contributed by atoms with Crippen LogP contribution in [0.5, 0.6) is 0 Å². The molecule has 1 aromatic carbocycles. The Bertz CT molecular complexity index is 808. The number of hydrogen-bond acceptors (Lipinski definition) is 3. The zero-order valence-electron chi connectivity index (χ0n) is 11.9. The van der Waals surface area contributed by atoms with Crippen LogP contribution in [0.25, 0.3) is 0 Å². The predicted molar refractivity (Wildman–Crippen MR) is 78.9 cm³/mol. The molecule has 0 aliphatic carbocycles. The van der Waals surface area contributed by atoms with E-state index in [1.807, 2.05) is 6.07 Å². The Morgan fingerprint density at radius 2 is 2.18 bits per heavy atom. The molecule has 0 unspecified atom stereocenters. The molecule has 0 aliphatic rings. The van der Waals surface area contributed by atoms with E-state index in [2.05, 4.69) is 15.5 Å². The number of aromatic nitrogens is 4. The van der Waals surface area contributed by atoms with Crippen molar-refractivity contribution in [2.45, 2.75) is 6.54 Å². The molecule has 0 bridgehead atoms. The van der Waals surface area contributed by atoms with Gasteiger partial charge in [-0.05, 0) is 23.8 Å². The summed E-state index contributed by atoms with van der Waals surface area (Å²) in [6, 6.07) is 7.95. The van der Waals surface area contributed by atoms with Crippen molar-refractivity contribution in [3.05, 3.63) is 66.0 Å². The van der Waals surface area contributed by atoms with Crippen molar-refractivity contribution in [3.63, 3.8) is 0 Å². The van der Waals surface area contributed by atoms with E-state index in [1.54, 1.807) is 42.5 Å². The summed E-state index contributed by atoms with van der Waals surface area (Å²) in [5.41, 5.74) is 1.83. The van der Waals surface area contributed by atoms with Crippen molar-refractivity contribution >= 4 is 11.6 Å². The Labute approximate surface area is 126 Å². The molecule has 0 radical (unpaired) electrons. The highest BCUT2D eigenvalue weighted by Crippen LogP contribution is 2.10. The molecule has 0 aliphatic heterocycles. The van der Waals surface area contributed by atoms with E-state index in [1.165, 1.54) is 16.8 Å². The Morgan fingerprint density at radius 3 is 2.91 bits per heavy atom. The maximum absolute atomic E-state index is 13.1. The lowest BCUT2D eigenvalue weighted by molar-refractivity contribution is 0.101. The van der Waals surface area contributed by atoms with Crippen molar-refractivity contribution in [1.29, 1.82) is 0 Å². The number of carbonyl (C=O) groups excluding carboxylic acids is 1. The first-order chi connectivity index (χ1) is 10.6. The topological polar surface area (TPSA) is 64.7 Å². The van der Waals surface area contributed by atoms with E-state index < -0.39 is 0 Å². The molecule has 6 nitrogen and oxygen atoms in total. The van der Waals surface area contributed by atoms with Gasteiger partial charge in [-0.1, -0.05) is 12.1 Å². The van der Waals surface area contributed by atoms with Gasteiger partial charge in [0.2, 0.25) is 0 Å². The number of hydrogen-bond donors (Lipinski definition) is 1. The average molecular weight is 299 g/mol. The molecule has 7 heteroatoms. The van der Waals surface area contributed by atoms with Crippen LogP contribution in [-0.4, -0.2) is 25.5 Å². The van der Waals surface area contributed by atoms with Crippen molar-refractivity contribution in [2.24, 2.45) is 7.05 Å². The van der Waals surface area contributed by atoms with Crippen LogP contribution in [0.4, 0.5) is 10.1 Å². The molecule has 0 spiro atoms. The van der Waals surface area contributed by atoms with Crippen LogP contribution in [0, 0.1) is 5.82 Å². The first-order valence-electron chi connectivity index (χ1n) is 6.68. The largest absolute Gasteiger partial charge is 0.318 e. The summed E-state index contributed by atoms with van der Waals surface area (Å²) in [6.07, 6.45) is 4.80. The molecule has 3 rings (SSSR count). The number of anilines is 1. The van der Waals surface area contributed by atoms with Gasteiger partial charge >= 0.3 is 0 Å². The maximum atomic E-state index is 13.1. The molecule has 2 heterocycles. The van der Waals surface area contributed by atoms with Crippen LogP contribution in [0.15, 0.2) is 48.9 Å². The highest BCUT2D eigenvalue weighted by atomic mass is 19.1. The number of halogens is 1. The third-order valence-corrected chi connectivity index (χ3v) is 3.18. The minimum atomic E-state index is -0.283. The monoisotopic (exact) mass is 299 g/mol. The predicted octanol–water partition coefficient (Wildman–Crippen LogP) is 2.06. The minimum Gasteiger partial charge on any atom is -0.318 e. The van der Waals surface area contributed by atoms with Gasteiger partial charge in [-0.15, -0.1) is 0 Å². The highest BCUT2D eigenvalue weighted by Gasteiger charge is 2.11. The Kier molecular flexibility index (Phi) is 3.69. The van der Waals surface area contributed by atoms with E-state index in [0.717, 1.165) is 5.56 Å². The molecule has 0 atom stereocenters. The van der Waals surface area contributed by atoms with Gasteiger partial charge in [0.1, 0.15) is 11.5 Å². The highest BCUT2D eigenvalue weighted by molar-refractivity contribution is 6.02. The van der Waals surface area contributed by atoms with Crippen LogP contribution in [-0.2, 0) is 13.6 Å². The molecule has 22 heavy (non-hydrogen) atoms. The molecule has 0 saturated carbocycles. The van der Waals surface area contributed by atoms with Gasteiger partial charge < -0.3 is 5.32 Å². The molecule has 1 amide bonds. The quantitative estimate of drug-likeness (QED) is 0.802. The Morgan fingerprint density at radius 1 is 1.32 bits per heavy atom. The summed E-state index contributed by atoms with van der Waals surface area (Å²) < 4.78 is 16.3. The standard InChI is InChI=1S/C15H14FN5O/c1-20-14(5-6-17-20)15(22)19-13-8-18-21(10-13)9-11-3-2-4-12(16)7-11/h2-8,10H,9H2,1H3,(H,19,22). The van der Waals surface area contributed by atoms with Crippen LogP contribution < -0.4 is 5.32 Å². The zero-order chi connectivity index (χ0) is 15.5. The first kappa shape index (κ1) is 14.0. The lowest BCUT2D eigenvalue weighted by Crippen LogP contribution is -2.15. The van der Waals surface area contributed by atoms with Gasteiger partial charge in [0.25, 0.3) is 5.91 Å². The number of nitrogens with one attached hydrogen (secondary N) is 1. The molecule has 2 aromatic heterocycles. The molecular weight excluding hydrogens is 285 g/mol. The van der Waals surface area contributed by atoms with Crippen LogP contribution >= 0.6 is 0 Å². The van der Waals surface area contributed by atoms with Gasteiger partial charge in [-0.3, -0.25) is 14.2 Å². The van der Waals surface area contributed by atoms with Crippen LogP contribution in [0.3, 0.4) is 0 Å². The third kappa shape index (κ3) is 3.03.